The molecule has 9 nitrogen and oxygen atoms in total. The molecule has 0 spiro atoms. The molecule has 0 unspecified atom stereocenters. The summed E-state index contributed by atoms with van der Waals surface area (Å²) >= 11 is 1.15. The summed E-state index contributed by atoms with van der Waals surface area (Å²) in [7, 11) is 1.56. The van der Waals surface area contributed by atoms with E-state index >= 15 is 0 Å². The number of hydrogen-bond acceptors (Lipinski definition) is 8. The number of nitrogens with zero attached hydrogens (tertiary/aromatic N) is 4. The Labute approximate surface area is 158 Å². The van der Waals surface area contributed by atoms with E-state index in [1.165, 1.54) is 22.9 Å². The second-order valence-corrected chi connectivity index (χ2v) is 6.22. The second-order valence-electron chi connectivity index (χ2n) is 5.28. The van der Waals surface area contributed by atoms with E-state index < -0.39 is 5.97 Å². The van der Waals surface area contributed by atoms with Crippen molar-refractivity contribution in [2.24, 2.45) is 0 Å². The zero-order valence-electron chi connectivity index (χ0n) is 14.2. The number of nitrogens with one attached hydrogen (secondary N) is 1. The van der Waals surface area contributed by atoms with Gasteiger partial charge >= 0.3 is 0 Å². The molecule has 138 valence electrons. The Morgan fingerprint density at radius 3 is 2.81 bits per heavy atom. The van der Waals surface area contributed by atoms with E-state index in [2.05, 4.69) is 20.8 Å². The quantitative estimate of drug-likeness (QED) is 0.593. The molecule has 0 aliphatic carbocycles. The van der Waals surface area contributed by atoms with Crippen molar-refractivity contribution in [2.45, 2.75) is 5.16 Å². The molecule has 2 aromatic carbocycles. The van der Waals surface area contributed by atoms with Gasteiger partial charge in [0.25, 0.3) is 0 Å². The normalized spacial score (nSPS) is 10.4. The second kappa shape index (κ2) is 8.32. The molecule has 0 bridgehead atoms. The number of rotatable bonds is 7. The van der Waals surface area contributed by atoms with Crippen LogP contribution in [0.1, 0.15) is 10.4 Å². The van der Waals surface area contributed by atoms with Gasteiger partial charge in [-0.25, -0.2) is 0 Å². The number of carboxylic acids is 1. The lowest BCUT2D eigenvalue weighted by Crippen LogP contribution is -2.22. The minimum atomic E-state index is -1.31. The van der Waals surface area contributed by atoms with Crippen LogP contribution in [0.25, 0.3) is 5.69 Å². The van der Waals surface area contributed by atoms with Crippen molar-refractivity contribution < 1.29 is 19.4 Å². The van der Waals surface area contributed by atoms with Gasteiger partial charge in [0, 0.05) is 11.8 Å². The largest absolute Gasteiger partial charge is 0.545 e. The Morgan fingerprint density at radius 1 is 1.22 bits per heavy atom. The lowest BCUT2D eigenvalue weighted by atomic mass is 10.2. The SMILES string of the molecule is COc1cccc(-n2nnnc2SCC(=O)Nc2cccc(C(=O)[O-])c2)c1. The van der Waals surface area contributed by atoms with Gasteiger partial charge in [0.2, 0.25) is 11.1 Å². The zero-order chi connectivity index (χ0) is 19.2. The first-order chi connectivity index (χ1) is 13.1. The van der Waals surface area contributed by atoms with Gasteiger partial charge in [-0.2, -0.15) is 4.68 Å². The summed E-state index contributed by atoms with van der Waals surface area (Å²) in [6.07, 6.45) is 0. The van der Waals surface area contributed by atoms with Gasteiger partial charge in [-0.1, -0.05) is 30.0 Å². The maximum Gasteiger partial charge on any atom is 0.234 e. The summed E-state index contributed by atoms with van der Waals surface area (Å²) in [6.45, 7) is 0. The molecule has 0 aliphatic heterocycles. The lowest BCUT2D eigenvalue weighted by molar-refractivity contribution is -0.255. The maximum absolute atomic E-state index is 12.1. The fourth-order valence-electron chi connectivity index (χ4n) is 2.22. The zero-order valence-corrected chi connectivity index (χ0v) is 15.0. The van der Waals surface area contributed by atoms with Crippen LogP contribution in [0.2, 0.25) is 0 Å². The van der Waals surface area contributed by atoms with Crippen LogP contribution in [0.4, 0.5) is 5.69 Å². The molecule has 1 aromatic heterocycles. The predicted octanol–water partition coefficient (Wildman–Crippen LogP) is 0.765. The maximum atomic E-state index is 12.1. The Balaban J connectivity index is 1.65. The molecular weight excluding hydrogens is 370 g/mol. The van der Waals surface area contributed by atoms with Crippen molar-refractivity contribution in [1.29, 1.82) is 0 Å². The fourth-order valence-corrected chi connectivity index (χ4v) is 2.92. The topological polar surface area (TPSA) is 122 Å². The summed E-state index contributed by atoms with van der Waals surface area (Å²) in [6, 6.07) is 13.0. The standard InChI is InChI=1S/C17H15N5O4S/c1-26-14-7-3-6-13(9-14)22-17(19-20-21-22)27-10-15(23)18-12-5-2-4-11(8-12)16(24)25/h2-9H,10H2,1H3,(H,18,23)(H,24,25)/p-1. The van der Waals surface area contributed by atoms with E-state index in [-0.39, 0.29) is 17.2 Å². The number of hydrogen-bond donors (Lipinski definition) is 1. The molecule has 0 saturated heterocycles. The Hall–Kier alpha value is -3.40. The van der Waals surface area contributed by atoms with Crippen molar-refractivity contribution in [3.63, 3.8) is 0 Å². The average molecular weight is 384 g/mol. The molecule has 1 amide bonds. The van der Waals surface area contributed by atoms with Crippen LogP contribution in [0.3, 0.4) is 0 Å². The molecule has 10 heteroatoms. The highest BCUT2D eigenvalue weighted by Crippen LogP contribution is 2.21. The van der Waals surface area contributed by atoms with E-state index in [4.69, 9.17) is 4.74 Å². The third-order valence-corrected chi connectivity index (χ3v) is 4.37. The summed E-state index contributed by atoms with van der Waals surface area (Å²) in [5.41, 5.74) is 1.06. The van der Waals surface area contributed by atoms with Gasteiger partial charge in [0.15, 0.2) is 0 Å². The van der Waals surface area contributed by atoms with E-state index in [1.807, 2.05) is 6.07 Å². The number of tetrazole rings is 1. The summed E-state index contributed by atoms with van der Waals surface area (Å²) < 4.78 is 6.68. The molecule has 0 fully saturated rings. The molecule has 0 atom stereocenters. The van der Waals surface area contributed by atoms with Gasteiger partial charge in [-0.15, -0.1) is 5.10 Å². The minimum Gasteiger partial charge on any atom is -0.545 e. The van der Waals surface area contributed by atoms with Crippen LogP contribution in [0.5, 0.6) is 5.75 Å². The van der Waals surface area contributed by atoms with Crippen LogP contribution in [-0.4, -0.2) is 44.9 Å². The summed E-state index contributed by atoms with van der Waals surface area (Å²) in [5.74, 6) is -0.932. The molecule has 1 N–H and O–H groups in total. The van der Waals surface area contributed by atoms with Crippen molar-refractivity contribution >= 4 is 29.3 Å². The van der Waals surface area contributed by atoms with E-state index in [9.17, 15) is 14.7 Å². The van der Waals surface area contributed by atoms with Gasteiger partial charge in [0.05, 0.1) is 24.5 Å². The first kappa shape index (κ1) is 18.4. The highest BCUT2D eigenvalue weighted by atomic mass is 32.2. The molecule has 1 heterocycles. The molecule has 0 saturated carbocycles. The average Bonchev–Trinajstić information content (AvgIpc) is 3.15. The number of anilines is 1. The fraction of sp³-hybridized carbons (Fsp3) is 0.118. The Bertz CT molecular complexity index is 975. The third-order valence-electron chi connectivity index (χ3n) is 3.45. The van der Waals surface area contributed by atoms with Crippen LogP contribution in [-0.2, 0) is 4.79 Å². The number of aromatic carboxylic acids is 1. The van der Waals surface area contributed by atoms with Crippen LogP contribution in [0.15, 0.2) is 53.7 Å². The summed E-state index contributed by atoms with van der Waals surface area (Å²) in [4.78, 5) is 23.0. The number of methoxy groups -OCH3 is 1. The van der Waals surface area contributed by atoms with E-state index in [1.54, 1.807) is 31.4 Å². The van der Waals surface area contributed by atoms with Crippen molar-refractivity contribution in [3.8, 4) is 11.4 Å². The van der Waals surface area contributed by atoms with Crippen LogP contribution >= 0.6 is 11.8 Å². The molecule has 0 radical (unpaired) electrons. The third kappa shape index (κ3) is 4.61. The molecule has 3 aromatic rings. The lowest BCUT2D eigenvalue weighted by Gasteiger charge is -2.08. The van der Waals surface area contributed by atoms with Gasteiger partial charge in [0.1, 0.15) is 5.75 Å². The molecular formula is C17H14N5O4S-. The van der Waals surface area contributed by atoms with Crippen molar-refractivity contribution in [3.05, 3.63) is 54.1 Å². The summed E-state index contributed by atoms with van der Waals surface area (Å²) in [5, 5.41) is 25.4. The van der Waals surface area contributed by atoms with Gasteiger partial charge in [-0.3, -0.25) is 4.79 Å². The number of carboxylic acid groups (broad SMARTS) is 1. The first-order valence-corrected chi connectivity index (χ1v) is 8.72. The van der Waals surface area contributed by atoms with E-state index in [0.29, 0.717) is 22.3 Å². The number of benzene rings is 2. The highest BCUT2D eigenvalue weighted by Gasteiger charge is 2.12. The number of carbonyl (C=O) groups excluding carboxylic acids is 2. The van der Waals surface area contributed by atoms with Gasteiger partial charge < -0.3 is 20.0 Å². The van der Waals surface area contributed by atoms with Crippen LogP contribution < -0.4 is 15.2 Å². The number of carbonyl (C=O) groups is 2. The highest BCUT2D eigenvalue weighted by molar-refractivity contribution is 7.99. The Morgan fingerprint density at radius 2 is 2.04 bits per heavy atom. The number of ether oxygens (including phenoxy) is 1. The smallest absolute Gasteiger partial charge is 0.234 e. The van der Waals surface area contributed by atoms with Gasteiger partial charge in [-0.05, 0) is 40.3 Å². The number of thioether (sulfide) groups is 1. The van der Waals surface area contributed by atoms with E-state index in [0.717, 1.165) is 11.8 Å². The monoisotopic (exact) mass is 384 g/mol. The molecule has 27 heavy (non-hydrogen) atoms. The Kier molecular flexibility index (Phi) is 5.67. The number of amides is 1. The molecule has 0 aliphatic rings. The van der Waals surface area contributed by atoms with Crippen molar-refractivity contribution in [2.75, 3.05) is 18.2 Å². The first-order valence-electron chi connectivity index (χ1n) is 7.73. The predicted molar refractivity (Wildman–Crippen MR) is 95.8 cm³/mol. The van der Waals surface area contributed by atoms with Crippen molar-refractivity contribution in [1.82, 2.24) is 20.2 Å². The van der Waals surface area contributed by atoms with Crippen LogP contribution in [0, 0.1) is 0 Å². The molecule has 3 rings (SSSR count). The minimum absolute atomic E-state index is 0.0116. The number of aromatic nitrogens is 4.